The second-order valence-corrected chi connectivity index (χ2v) is 8.86. The van der Waals surface area contributed by atoms with E-state index in [2.05, 4.69) is 5.32 Å². The van der Waals surface area contributed by atoms with Gasteiger partial charge in [-0.25, -0.2) is 14.5 Å². The van der Waals surface area contributed by atoms with E-state index in [-0.39, 0.29) is 25.0 Å². The second kappa shape index (κ2) is 10.3. The van der Waals surface area contributed by atoms with Gasteiger partial charge in [-0.05, 0) is 63.3 Å². The fourth-order valence-corrected chi connectivity index (χ4v) is 3.54. The van der Waals surface area contributed by atoms with E-state index >= 15 is 0 Å². The number of ether oxygens (including phenoxy) is 2. The van der Waals surface area contributed by atoms with Gasteiger partial charge < -0.3 is 9.47 Å². The fraction of sp³-hybridized carbons (Fsp3) is 0.400. The number of amides is 3. The molecule has 2 aromatic rings. The molecule has 3 amide bonds. The van der Waals surface area contributed by atoms with Crippen LogP contribution in [-0.2, 0) is 27.1 Å². The van der Waals surface area contributed by atoms with Gasteiger partial charge in [0.2, 0.25) is 5.91 Å². The Morgan fingerprint density at radius 2 is 1.75 bits per heavy atom. The van der Waals surface area contributed by atoms with Crippen molar-refractivity contribution >= 4 is 23.8 Å². The van der Waals surface area contributed by atoms with Gasteiger partial charge >= 0.3 is 12.2 Å². The lowest BCUT2D eigenvalue weighted by Crippen LogP contribution is -2.40. The average Bonchev–Trinajstić information content (AvgIpc) is 3.08. The summed E-state index contributed by atoms with van der Waals surface area (Å²) in [5.41, 5.74) is 2.19. The first-order chi connectivity index (χ1) is 15.2. The van der Waals surface area contributed by atoms with Crippen molar-refractivity contribution in [3.05, 3.63) is 65.7 Å². The minimum absolute atomic E-state index is 0.211. The van der Waals surface area contributed by atoms with Crippen LogP contribution in [0.15, 0.2) is 54.6 Å². The van der Waals surface area contributed by atoms with Gasteiger partial charge in [-0.15, -0.1) is 0 Å². The zero-order chi connectivity index (χ0) is 23.1. The van der Waals surface area contributed by atoms with Crippen molar-refractivity contribution in [2.45, 2.75) is 58.1 Å². The van der Waals surface area contributed by atoms with Crippen molar-refractivity contribution in [3.8, 4) is 0 Å². The molecule has 170 valence electrons. The molecule has 32 heavy (non-hydrogen) atoms. The van der Waals surface area contributed by atoms with Crippen LogP contribution in [0.3, 0.4) is 0 Å². The Morgan fingerprint density at radius 3 is 2.41 bits per heavy atom. The maximum atomic E-state index is 12.7. The van der Waals surface area contributed by atoms with E-state index in [1.807, 2.05) is 63.2 Å². The quantitative estimate of drug-likeness (QED) is 0.661. The second-order valence-electron chi connectivity index (χ2n) is 8.86. The molecular weight excluding hydrogens is 408 g/mol. The van der Waals surface area contributed by atoms with Gasteiger partial charge in [0.15, 0.2) is 0 Å². The molecule has 0 aliphatic carbocycles. The molecule has 3 rings (SSSR count). The van der Waals surface area contributed by atoms with Gasteiger partial charge in [0.25, 0.3) is 0 Å². The van der Waals surface area contributed by atoms with E-state index in [9.17, 15) is 14.4 Å². The zero-order valence-corrected chi connectivity index (χ0v) is 18.8. The number of carbonyl (C=O) groups is 3. The average molecular weight is 439 g/mol. The Bertz CT molecular complexity index is 935. The van der Waals surface area contributed by atoms with Crippen LogP contribution in [0.2, 0.25) is 0 Å². The Labute approximate surface area is 188 Å². The highest BCUT2D eigenvalue weighted by Gasteiger charge is 2.37. The molecule has 1 fully saturated rings. The molecule has 0 aromatic heterocycles. The lowest BCUT2D eigenvalue weighted by Gasteiger charge is -2.20. The molecule has 1 N–H and O–H groups in total. The molecule has 0 spiro atoms. The number of carbonyl (C=O) groups excluding carboxylic acids is 3. The van der Waals surface area contributed by atoms with Crippen molar-refractivity contribution in [1.29, 1.82) is 0 Å². The summed E-state index contributed by atoms with van der Waals surface area (Å²) in [7, 11) is 0. The lowest BCUT2D eigenvalue weighted by molar-refractivity contribution is -0.129. The number of cyclic esters (lactones) is 1. The van der Waals surface area contributed by atoms with Crippen LogP contribution >= 0.6 is 0 Å². The number of nitrogens with one attached hydrogen (secondary N) is 1. The topological polar surface area (TPSA) is 84.9 Å². The van der Waals surface area contributed by atoms with Crippen LogP contribution in [-0.4, -0.2) is 41.2 Å². The minimum atomic E-state index is -0.562. The van der Waals surface area contributed by atoms with E-state index < -0.39 is 17.8 Å². The Morgan fingerprint density at radius 1 is 1.06 bits per heavy atom. The predicted octanol–water partition coefficient (Wildman–Crippen LogP) is 4.95. The predicted molar refractivity (Wildman–Crippen MR) is 121 cm³/mol. The summed E-state index contributed by atoms with van der Waals surface area (Å²) in [6.45, 7) is 5.65. The van der Waals surface area contributed by atoms with E-state index in [0.29, 0.717) is 24.9 Å². The SMILES string of the molecule is CC(C)(C)OC(=O)Nc1ccc(CCCC(=O)N2C(=O)OC[C@H]2Cc2ccccc2)cc1. The Balaban J connectivity index is 1.47. The van der Waals surface area contributed by atoms with Gasteiger partial charge in [-0.3, -0.25) is 10.1 Å². The summed E-state index contributed by atoms with van der Waals surface area (Å²) in [6, 6.07) is 16.9. The number of nitrogens with zero attached hydrogens (tertiary/aromatic N) is 1. The third-order valence-corrected chi connectivity index (χ3v) is 5.00. The minimum Gasteiger partial charge on any atom is -0.447 e. The number of aryl methyl sites for hydroxylation is 1. The van der Waals surface area contributed by atoms with Crippen LogP contribution in [0.4, 0.5) is 15.3 Å². The van der Waals surface area contributed by atoms with Gasteiger partial charge in [0.1, 0.15) is 12.2 Å². The summed E-state index contributed by atoms with van der Waals surface area (Å²) >= 11 is 0. The highest BCUT2D eigenvalue weighted by atomic mass is 16.6. The summed E-state index contributed by atoms with van der Waals surface area (Å²) < 4.78 is 10.4. The molecule has 1 saturated heterocycles. The number of hydrogen-bond donors (Lipinski definition) is 1. The van der Waals surface area contributed by atoms with E-state index in [0.717, 1.165) is 11.1 Å². The molecule has 0 saturated carbocycles. The first-order valence-corrected chi connectivity index (χ1v) is 10.8. The number of anilines is 1. The molecule has 1 atom stereocenters. The third kappa shape index (κ3) is 6.83. The molecule has 0 radical (unpaired) electrons. The molecule has 0 bridgehead atoms. The van der Waals surface area contributed by atoms with E-state index in [4.69, 9.17) is 9.47 Å². The molecule has 7 heteroatoms. The van der Waals surface area contributed by atoms with Gasteiger partial charge in [-0.2, -0.15) is 0 Å². The van der Waals surface area contributed by atoms with Gasteiger partial charge in [0, 0.05) is 12.1 Å². The Hall–Kier alpha value is -3.35. The zero-order valence-electron chi connectivity index (χ0n) is 18.8. The smallest absolute Gasteiger partial charge is 0.416 e. The monoisotopic (exact) mass is 438 g/mol. The van der Waals surface area contributed by atoms with Crippen LogP contribution < -0.4 is 5.32 Å². The van der Waals surface area contributed by atoms with E-state index in [1.165, 1.54) is 4.90 Å². The Kier molecular flexibility index (Phi) is 7.51. The third-order valence-electron chi connectivity index (χ3n) is 5.00. The first kappa shape index (κ1) is 23.3. The molecule has 0 unspecified atom stereocenters. The summed E-state index contributed by atoms with van der Waals surface area (Å²) in [4.78, 5) is 37.9. The standard InChI is InChI=1S/C25H30N2O5/c1-25(2,3)32-23(29)26-20-14-12-18(13-15-20)10-7-11-22(28)27-21(17-31-24(27)30)16-19-8-5-4-6-9-19/h4-6,8-9,12-15,21H,7,10-11,16-17H2,1-3H3,(H,26,29)/t21-/m1/s1. The lowest BCUT2D eigenvalue weighted by atomic mass is 10.0. The summed E-state index contributed by atoms with van der Waals surface area (Å²) in [5.74, 6) is -0.211. The molecule has 1 heterocycles. The fourth-order valence-electron chi connectivity index (χ4n) is 3.54. The summed E-state index contributed by atoms with van der Waals surface area (Å²) in [6.07, 6.45) is 1.08. The first-order valence-electron chi connectivity index (χ1n) is 10.8. The number of hydrogen-bond acceptors (Lipinski definition) is 5. The van der Waals surface area contributed by atoms with E-state index in [1.54, 1.807) is 12.1 Å². The molecule has 1 aliphatic rings. The highest BCUT2D eigenvalue weighted by molar-refractivity contribution is 5.93. The van der Waals surface area contributed by atoms with Crippen molar-refractivity contribution in [2.75, 3.05) is 11.9 Å². The number of imide groups is 1. The molecule has 7 nitrogen and oxygen atoms in total. The number of rotatable bonds is 7. The maximum absolute atomic E-state index is 12.7. The largest absolute Gasteiger partial charge is 0.447 e. The summed E-state index contributed by atoms with van der Waals surface area (Å²) in [5, 5.41) is 2.69. The highest BCUT2D eigenvalue weighted by Crippen LogP contribution is 2.20. The van der Waals surface area contributed by atoms with Crippen molar-refractivity contribution in [3.63, 3.8) is 0 Å². The van der Waals surface area contributed by atoms with Gasteiger partial charge in [0.05, 0.1) is 6.04 Å². The van der Waals surface area contributed by atoms with Crippen LogP contribution in [0.25, 0.3) is 0 Å². The molecule has 1 aliphatic heterocycles. The van der Waals surface area contributed by atoms with Crippen LogP contribution in [0.5, 0.6) is 0 Å². The van der Waals surface area contributed by atoms with Gasteiger partial charge in [-0.1, -0.05) is 42.5 Å². The van der Waals surface area contributed by atoms with Crippen LogP contribution in [0.1, 0.15) is 44.7 Å². The van der Waals surface area contributed by atoms with Crippen molar-refractivity contribution in [1.82, 2.24) is 4.90 Å². The maximum Gasteiger partial charge on any atom is 0.416 e. The van der Waals surface area contributed by atoms with Crippen molar-refractivity contribution in [2.24, 2.45) is 0 Å². The molecule has 2 aromatic carbocycles. The van der Waals surface area contributed by atoms with Crippen LogP contribution in [0, 0.1) is 0 Å². The number of benzene rings is 2. The molecular formula is C25H30N2O5. The van der Waals surface area contributed by atoms with Crippen molar-refractivity contribution < 1.29 is 23.9 Å². The normalized spacial score (nSPS) is 15.9.